The van der Waals surface area contributed by atoms with Crippen LogP contribution in [-0.4, -0.2) is 20.8 Å². The summed E-state index contributed by atoms with van der Waals surface area (Å²) in [6.07, 6.45) is 0.718. The van der Waals surface area contributed by atoms with Crippen LogP contribution in [0.4, 0.5) is 0 Å². The molecule has 0 radical (unpaired) electrons. The third-order valence-corrected chi connectivity index (χ3v) is 2.74. The van der Waals surface area contributed by atoms with Gasteiger partial charge in [-0.05, 0) is 12.8 Å². The van der Waals surface area contributed by atoms with Crippen molar-refractivity contribution in [1.82, 2.24) is 0 Å². The molecular formula is C7H9Cl3O2. The molecule has 1 fully saturated rings. The second kappa shape index (κ2) is 3.70. The Morgan fingerprint density at radius 2 is 2.08 bits per heavy atom. The van der Waals surface area contributed by atoms with E-state index in [1.165, 1.54) is 0 Å². The maximum Gasteiger partial charge on any atom is 0.216 e. The van der Waals surface area contributed by atoms with Crippen LogP contribution in [0.5, 0.6) is 0 Å². The lowest BCUT2D eigenvalue weighted by molar-refractivity contribution is -0.123. The molecule has 1 saturated carbocycles. The predicted octanol–water partition coefficient (Wildman–Crippen LogP) is 2.09. The van der Waals surface area contributed by atoms with Crippen LogP contribution < -0.4 is 0 Å². The van der Waals surface area contributed by atoms with E-state index in [0.717, 1.165) is 6.42 Å². The molecule has 1 aliphatic rings. The average Bonchev–Trinajstić information content (AvgIpc) is 2.31. The monoisotopic (exact) mass is 230 g/mol. The largest absolute Gasteiger partial charge is 0.388 e. The number of carbonyl (C=O) groups is 1. The van der Waals surface area contributed by atoms with Gasteiger partial charge in [0.1, 0.15) is 11.9 Å². The van der Waals surface area contributed by atoms with Crippen LogP contribution in [0.15, 0.2) is 0 Å². The number of hydrogen-bond donors (Lipinski definition) is 1. The van der Waals surface area contributed by atoms with Gasteiger partial charge in [-0.3, -0.25) is 4.79 Å². The summed E-state index contributed by atoms with van der Waals surface area (Å²) in [6, 6.07) is 0. The molecule has 0 amide bonds. The van der Waals surface area contributed by atoms with Crippen molar-refractivity contribution in [3.63, 3.8) is 0 Å². The first kappa shape index (κ1) is 10.6. The number of ketones is 1. The molecule has 2 atom stereocenters. The van der Waals surface area contributed by atoms with Crippen molar-refractivity contribution in [2.75, 3.05) is 0 Å². The molecule has 0 aromatic heterocycles. The summed E-state index contributed by atoms with van der Waals surface area (Å²) in [5, 5.41) is 9.44. The Hall–Kier alpha value is 0.500. The molecule has 12 heavy (non-hydrogen) atoms. The van der Waals surface area contributed by atoms with E-state index in [1.54, 1.807) is 0 Å². The first-order valence-corrected chi connectivity index (χ1v) is 4.84. The maximum absolute atomic E-state index is 11.1. The molecule has 0 spiro atoms. The van der Waals surface area contributed by atoms with Gasteiger partial charge in [0.15, 0.2) is 0 Å². The number of hydrogen-bond acceptors (Lipinski definition) is 2. The fraction of sp³-hybridized carbons (Fsp3) is 0.857. The molecule has 2 nitrogen and oxygen atoms in total. The molecule has 70 valence electrons. The summed E-state index contributed by atoms with van der Waals surface area (Å²) in [4.78, 5) is 11.1. The number of carbonyl (C=O) groups excluding carboxylic acids is 1. The van der Waals surface area contributed by atoms with Gasteiger partial charge < -0.3 is 5.11 Å². The highest BCUT2D eigenvalue weighted by atomic mass is 35.6. The lowest BCUT2D eigenvalue weighted by atomic mass is 10.0. The van der Waals surface area contributed by atoms with E-state index in [1.807, 2.05) is 0 Å². The summed E-state index contributed by atoms with van der Waals surface area (Å²) in [5.41, 5.74) is 0. The summed E-state index contributed by atoms with van der Waals surface area (Å²) in [5.74, 6) is -0.494. The van der Waals surface area contributed by atoms with Crippen LogP contribution in [0.1, 0.15) is 19.3 Å². The Kier molecular flexibility index (Phi) is 3.27. The highest BCUT2D eigenvalue weighted by Gasteiger charge is 2.42. The van der Waals surface area contributed by atoms with Crippen LogP contribution in [0.2, 0.25) is 0 Å². The van der Waals surface area contributed by atoms with E-state index in [0.29, 0.717) is 12.8 Å². The summed E-state index contributed by atoms with van der Waals surface area (Å²) in [6.45, 7) is 0. The molecule has 0 saturated heterocycles. The third-order valence-electron chi connectivity index (χ3n) is 2.07. The smallest absolute Gasteiger partial charge is 0.216 e. The van der Waals surface area contributed by atoms with Gasteiger partial charge in [0, 0.05) is 12.3 Å². The normalized spacial score (nSPS) is 27.7. The fourth-order valence-corrected chi connectivity index (χ4v) is 1.86. The molecule has 0 aliphatic heterocycles. The van der Waals surface area contributed by atoms with Gasteiger partial charge in [-0.25, -0.2) is 0 Å². The van der Waals surface area contributed by atoms with E-state index in [9.17, 15) is 9.90 Å². The Morgan fingerprint density at radius 1 is 1.50 bits per heavy atom. The topological polar surface area (TPSA) is 37.3 Å². The Balaban J connectivity index is 2.63. The van der Waals surface area contributed by atoms with Crippen LogP contribution >= 0.6 is 34.8 Å². The number of alkyl halides is 3. The molecular weight excluding hydrogens is 222 g/mol. The molecule has 0 bridgehead atoms. The summed E-state index contributed by atoms with van der Waals surface area (Å²) < 4.78 is -1.75. The minimum absolute atomic E-state index is 0.00572. The Bertz CT molecular complexity index is 188. The van der Waals surface area contributed by atoms with Gasteiger partial charge in [-0.1, -0.05) is 34.8 Å². The van der Waals surface area contributed by atoms with E-state index >= 15 is 0 Å². The van der Waals surface area contributed by atoms with Crippen LogP contribution in [0.25, 0.3) is 0 Å². The van der Waals surface area contributed by atoms with Gasteiger partial charge in [0.05, 0.1) is 0 Å². The zero-order chi connectivity index (χ0) is 9.35. The summed E-state index contributed by atoms with van der Waals surface area (Å²) in [7, 11) is 0. The van der Waals surface area contributed by atoms with Crippen molar-refractivity contribution in [2.45, 2.75) is 29.2 Å². The SMILES string of the molecule is O=C1CCC[C@@H]1[C@@H](O)C(Cl)(Cl)Cl. The van der Waals surface area contributed by atoms with Crippen LogP contribution in [0, 0.1) is 5.92 Å². The minimum Gasteiger partial charge on any atom is -0.388 e. The van der Waals surface area contributed by atoms with Gasteiger partial charge in [0.2, 0.25) is 3.79 Å². The molecule has 0 heterocycles. The van der Waals surface area contributed by atoms with Crippen LogP contribution in [0.3, 0.4) is 0 Å². The van der Waals surface area contributed by atoms with Gasteiger partial charge in [-0.15, -0.1) is 0 Å². The number of rotatable bonds is 1. The lowest BCUT2D eigenvalue weighted by Crippen LogP contribution is -2.35. The van der Waals surface area contributed by atoms with E-state index in [2.05, 4.69) is 0 Å². The first-order valence-electron chi connectivity index (χ1n) is 3.70. The van der Waals surface area contributed by atoms with E-state index in [-0.39, 0.29) is 5.78 Å². The van der Waals surface area contributed by atoms with Crippen LogP contribution in [-0.2, 0) is 4.79 Å². The van der Waals surface area contributed by atoms with Crippen molar-refractivity contribution >= 4 is 40.6 Å². The van der Waals surface area contributed by atoms with Gasteiger partial charge in [0.25, 0.3) is 0 Å². The second-order valence-electron chi connectivity index (χ2n) is 2.95. The van der Waals surface area contributed by atoms with Crippen molar-refractivity contribution in [3.8, 4) is 0 Å². The zero-order valence-corrected chi connectivity index (χ0v) is 8.53. The van der Waals surface area contributed by atoms with E-state index < -0.39 is 15.8 Å². The third kappa shape index (κ3) is 2.25. The molecule has 0 unspecified atom stereocenters. The maximum atomic E-state index is 11.1. The molecule has 0 aromatic carbocycles. The van der Waals surface area contributed by atoms with Crippen molar-refractivity contribution in [3.05, 3.63) is 0 Å². The summed E-state index contributed by atoms with van der Waals surface area (Å²) >= 11 is 16.4. The Labute approximate surface area is 85.8 Å². The molecule has 1 rings (SSSR count). The zero-order valence-electron chi connectivity index (χ0n) is 6.27. The quantitative estimate of drug-likeness (QED) is 0.702. The molecule has 0 aromatic rings. The predicted molar refractivity (Wildman–Crippen MR) is 48.6 cm³/mol. The molecule has 1 aliphatic carbocycles. The number of halogens is 3. The fourth-order valence-electron chi connectivity index (χ4n) is 1.40. The first-order chi connectivity index (χ1) is 5.43. The second-order valence-corrected chi connectivity index (χ2v) is 5.32. The van der Waals surface area contributed by atoms with Crippen molar-refractivity contribution in [2.24, 2.45) is 5.92 Å². The van der Waals surface area contributed by atoms with Crippen molar-refractivity contribution < 1.29 is 9.90 Å². The number of aliphatic hydroxyl groups is 1. The van der Waals surface area contributed by atoms with E-state index in [4.69, 9.17) is 34.8 Å². The van der Waals surface area contributed by atoms with Gasteiger partial charge >= 0.3 is 0 Å². The number of Topliss-reactive ketones (excluding diaryl/α,β-unsaturated/α-hetero) is 1. The standard InChI is InChI=1S/C7H9Cl3O2/c8-7(9,10)6(12)4-2-1-3-5(4)11/h4,6,12H,1-3H2/t4-,6+/m0/s1. The molecule has 5 heteroatoms. The average molecular weight is 232 g/mol. The van der Waals surface area contributed by atoms with Crippen molar-refractivity contribution in [1.29, 1.82) is 0 Å². The van der Waals surface area contributed by atoms with Gasteiger partial charge in [-0.2, -0.15) is 0 Å². The Morgan fingerprint density at radius 3 is 2.42 bits per heavy atom. The molecule has 1 N–H and O–H groups in total. The number of aliphatic hydroxyl groups excluding tert-OH is 1. The highest BCUT2D eigenvalue weighted by molar-refractivity contribution is 6.68. The minimum atomic E-state index is -1.75. The lowest BCUT2D eigenvalue weighted by Gasteiger charge is -2.23. The highest BCUT2D eigenvalue weighted by Crippen LogP contribution is 2.38.